The Morgan fingerprint density at radius 1 is 1.35 bits per heavy atom. The van der Waals surface area contributed by atoms with Crippen LogP contribution in [-0.4, -0.2) is 12.6 Å². The van der Waals surface area contributed by atoms with Crippen LogP contribution in [0, 0.1) is 11.3 Å². The molecule has 1 aromatic rings. The Hall–Kier alpha value is -2.28. The van der Waals surface area contributed by atoms with E-state index in [9.17, 15) is 4.79 Å². The smallest absolute Gasteiger partial charge is 0.350 e. The molecule has 1 aromatic carbocycles. The number of anilines is 1. The molecule has 4 heteroatoms. The van der Waals surface area contributed by atoms with Gasteiger partial charge in [-0.25, -0.2) is 4.79 Å². The summed E-state index contributed by atoms with van der Waals surface area (Å²) in [6.45, 7) is 8.38. The third-order valence-electron chi connectivity index (χ3n) is 2.75. The third kappa shape index (κ3) is 4.43. The van der Waals surface area contributed by atoms with E-state index in [1.807, 2.05) is 30.3 Å². The van der Waals surface area contributed by atoms with Crippen LogP contribution >= 0.6 is 0 Å². The lowest BCUT2D eigenvalue weighted by Crippen LogP contribution is -2.10. The summed E-state index contributed by atoms with van der Waals surface area (Å²) in [7, 11) is 0. The van der Waals surface area contributed by atoms with Gasteiger partial charge in [0.15, 0.2) is 5.57 Å². The molecule has 0 spiro atoms. The van der Waals surface area contributed by atoms with Crippen LogP contribution in [0.4, 0.5) is 5.69 Å². The van der Waals surface area contributed by atoms with Gasteiger partial charge in [-0.3, -0.25) is 0 Å². The maximum Gasteiger partial charge on any atom is 0.350 e. The first-order chi connectivity index (χ1) is 9.38. The molecular formula is C16H20N2O2. The highest BCUT2D eigenvalue weighted by molar-refractivity contribution is 5.93. The molecular weight excluding hydrogens is 252 g/mol. The first-order valence-corrected chi connectivity index (χ1v) is 6.53. The largest absolute Gasteiger partial charge is 0.462 e. The maximum absolute atomic E-state index is 11.4. The van der Waals surface area contributed by atoms with E-state index >= 15 is 0 Å². The van der Waals surface area contributed by atoms with E-state index < -0.39 is 5.97 Å². The number of nitriles is 1. The molecule has 0 saturated heterocycles. The van der Waals surface area contributed by atoms with Crippen LogP contribution in [0.25, 0.3) is 0 Å². The summed E-state index contributed by atoms with van der Waals surface area (Å²) in [5.41, 5.74) is 2.08. The fraction of sp³-hybridized carbons (Fsp3) is 0.375. The zero-order valence-electron chi connectivity index (χ0n) is 12.4. The Kier molecular flexibility index (Phi) is 5.33. The number of carbonyl (C=O) groups excluding carboxylic acids is 1. The zero-order valence-corrected chi connectivity index (χ0v) is 12.4. The van der Waals surface area contributed by atoms with Gasteiger partial charge in [-0.05, 0) is 30.0 Å². The van der Waals surface area contributed by atoms with E-state index in [1.54, 1.807) is 6.92 Å². The normalized spacial score (nSPS) is 11.7. The van der Waals surface area contributed by atoms with Crippen LogP contribution in [0.2, 0.25) is 0 Å². The van der Waals surface area contributed by atoms with Crippen molar-refractivity contribution in [2.24, 2.45) is 0 Å². The van der Waals surface area contributed by atoms with E-state index in [-0.39, 0.29) is 17.6 Å². The van der Waals surface area contributed by atoms with Crippen molar-refractivity contribution in [3.05, 3.63) is 41.6 Å². The van der Waals surface area contributed by atoms with Gasteiger partial charge in [-0.15, -0.1) is 0 Å². The Morgan fingerprint density at radius 3 is 2.40 bits per heavy atom. The fourth-order valence-corrected chi connectivity index (χ4v) is 1.57. The predicted molar refractivity (Wildman–Crippen MR) is 79.1 cm³/mol. The molecule has 1 N–H and O–H groups in total. The Labute approximate surface area is 120 Å². The van der Waals surface area contributed by atoms with E-state index in [4.69, 9.17) is 10.00 Å². The predicted octanol–water partition coefficient (Wildman–Crippen LogP) is 3.37. The lowest BCUT2D eigenvalue weighted by Gasteiger charge is -2.19. The first-order valence-electron chi connectivity index (χ1n) is 6.53. The van der Waals surface area contributed by atoms with Gasteiger partial charge in [0.05, 0.1) is 6.61 Å². The summed E-state index contributed by atoms with van der Waals surface area (Å²) in [5.74, 6) is -0.617. The second kappa shape index (κ2) is 6.76. The molecule has 0 aromatic heterocycles. The van der Waals surface area contributed by atoms with Crippen LogP contribution < -0.4 is 5.32 Å². The van der Waals surface area contributed by atoms with Gasteiger partial charge in [-0.2, -0.15) is 5.26 Å². The molecule has 0 bridgehead atoms. The number of benzene rings is 1. The van der Waals surface area contributed by atoms with Crippen molar-refractivity contribution in [1.82, 2.24) is 0 Å². The van der Waals surface area contributed by atoms with Gasteiger partial charge in [0.1, 0.15) is 6.07 Å². The minimum atomic E-state index is -0.617. The monoisotopic (exact) mass is 272 g/mol. The minimum absolute atomic E-state index is 0.0493. The summed E-state index contributed by atoms with van der Waals surface area (Å²) in [5, 5.41) is 11.8. The highest BCUT2D eigenvalue weighted by Crippen LogP contribution is 2.23. The van der Waals surface area contributed by atoms with Crippen LogP contribution in [0.15, 0.2) is 36.0 Å². The van der Waals surface area contributed by atoms with E-state index in [0.717, 1.165) is 5.69 Å². The van der Waals surface area contributed by atoms with E-state index in [2.05, 4.69) is 26.1 Å². The molecule has 0 heterocycles. The minimum Gasteiger partial charge on any atom is -0.462 e. The molecule has 0 fully saturated rings. The SMILES string of the molecule is CCOC(=O)/C(C#N)=C/Nc1ccc(C(C)(C)C)cc1. The number of rotatable bonds is 4. The van der Waals surface area contributed by atoms with Gasteiger partial charge in [0, 0.05) is 11.9 Å². The number of nitrogens with one attached hydrogen (secondary N) is 1. The van der Waals surface area contributed by atoms with Gasteiger partial charge < -0.3 is 10.1 Å². The summed E-state index contributed by atoms with van der Waals surface area (Å²) in [6, 6.07) is 9.69. The molecule has 106 valence electrons. The van der Waals surface area contributed by atoms with Gasteiger partial charge in [0.25, 0.3) is 0 Å². The summed E-state index contributed by atoms with van der Waals surface area (Å²) in [6.07, 6.45) is 1.37. The number of carbonyl (C=O) groups is 1. The topological polar surface area (TPSA) is 62.1 Å². The second-order valence-electron chi connectivity index (χ2n) is 5.36. The van der Waals surface area contributed by atoms with Crippen molar-refractivity contribution in [3.63, 3.8) is 0 Å². The standard InChI is InChI=1S/C16H20N2O2/c1-5-20-15(19)12(10-17)11-18-14-8-6-13(7-9-14)16(2,3)4/h6-9,11,18H,5H2,1-4H3/b12-11+. The second-order valence-corrected chi connectivity index (χ2v) is 5.36. The van der Waals surface area contributed by atoms with Crippen molar-refractivity contribution in [2.45, 2.75) is 33.1 Å². The van der Waals surface area contributed by atoms with Crippen LogP contribution in [0.5, 0.6) is 0 Å². The van der Waals surface area contributed by atoms with Gasteiger partial charge in [-0.1, -0.05) is 32.9 Å². The quantitative estimate of drug-likeness (QED) is 0.518. The molecule has 1 rings (SSSR count). The van der Waals surface area contributed by atoms with Crippen molar-refractivity contribution in [3.8, 4) is 6.07 Å². The lowest BCUT2D eigenvalue weighted by molar-refractivity contribution is -0.138. The highest BCUT2D eigenvalue weighted by atomic mass is 16.5. The van der Waals surface area contributed by atoms with Crippen molar-refractivity contribution >= 4 is 11.7 Å². The number of ether oxygens (including phenoxy) is 1. The zero-order chi connectivity index (χ0) is 15.2. The molecule has 0 aliphatic rings. The van der Waals surface area contributed by atoms with Crippen LogP contribution in [0.3, 0.4) is 0 Å². The number of hydrogen-bond donors (Lipinski definition) is 1. The average molecular weight is 272 g/mol. The summed E-state index contributed by atoms with van der Waals surface area (Å²) < 4.78 is 4.78. The van der Waals surface area contributed by atoms with Crippen molar-refractivity contribution < 1.29 is 9.53 Å². The Balaban J connectivity index is 2.79. The molecule has 0 atom stereocenters. The first kappa shape index (κ1) is 15.8. The molecule has 0 saturated carbocycles. The van der Waals surface area contributed by atoms with Crippen LogP contribution in [0.1, 0.15) is 33.3 Å². The van der Waals surface area contributed by atoms with Crippen molar-refractivity contribution in [1.29, 1.82) is 5.26 Å². The van der Waals surface area contributed by atoms with Crippen LogP contribution in [-0.2, 0) is 14.9 Å². The molecule has 20 heavy (non-hydrogen) atoms. The van der Waals surface area contributed by atoms with Gasteiger partial charge >= 0.3 is 5.97 Å². The van der Waals surface area contributed by atoms with Crippen molar-refractivity contribution in [2.75, 3.05) is 11.9 Å². The van der Waals surface area contributed by atoms with Gasteiger partial charge in [0.2, 0.25) is 0 Å². The average Bonchev–Trinajstić information content (AvgIpc) is 2.39. The molecule has 0 aliphatic heterocycles. The maximum atomic E-state index is 11.4. The number of hydrogen-bond acceptors (Lipinski definition) is 4. The number of nitrogens with zero attached hydrogens (tertiary/aromatic N) is 1. The molecule has 4 nitrogen and oxygen atoms in total. The van der Waals surface area contributed by atoms with E-state index in [1.165, 1.54) is 11.8 Å². The Bertz CT molecular complexity index is 531. The highest BCUT2D eigenvalue weighted by Gasteiger charge is 2.13. The lowest BCUT2D eigenvalue weighted by atomic mass is 9.87. The Morgan fingerprint density at radius 2 is 1.95 bits per heavy atom. The summed E-state index contributed by atoms with van der Waals surface area (Å²) in [4.78, 5) is 11.4. The molecule has 0 unspecified atom stereocenters. The molecule has 0 amide bonds. The molecule has 0 aliphatic carbocycles. The fourth-order valence-electron chi connectivity index (χ4n) is 1.57. The number of esters is 1. The van der Waals surface area contributed by atoms with E-state index in [0.29, 0.717) is 0 Å². The molecule has 0 radical (unpaired) electrons. The third-order valence-corrected chi connectivity index (χ3v) is 2.75. The summed E-state index contributed by atoms with van der Waals surface area (Å²) >= 11 is 0.